The van der Waals surface area contributed by atoms with Crippen molar-refractivity contribution in [1.82, 2.24) is 15.2 Å². The van der Waals surface area contributed by atoms with E-state index in [4.69, 9.17) is 0 Å². The second-order valence-corrected chi connectivity index (χ2v) is 5.77. The van der Waals surface area contributed by atoms with Crippen molar-refractivity contribution < 1.29 is 4.79 Å². The largest absolute Gasteiger partial charge is 0.342 e. The summed E-state index contributed by atoms with van der Waals surface area (Å²) < 4.78 is 0. The number of H-pyrrole nitrogens is 2. The van der Waals surface area contributed by atoms with Crippen LogP contribution in [0.3, 0.4) is 0 Å². The van der Waals surface area contributed by atoms with Crippen molar-refractivity contribution >= 4 is 23.4 Å². The molecule has 2 aromatic rings. The van der Waals surface area contributed by atoms with Crippen LogP contribution in [0.1, 0.15) is 25.0 Å². The molecule has 0 aliphatic heterocycles. The first-order chi connectivity index (χ1) is 11.0. The molecule has 0 saturated heterocycles. The van der Waals surface area contributed by atoms with Crippen molar-refractivity contribution in [3.63, 3.8) is 0 Å². The van der Waals surface area contributed by atoms with E-state index in [2.05, 4.69) is 20.5 Å². The summed E-state index contributed by atoms with van der Waals surface area (Å²) in [5.41, 5.74) is 1.71. The third-order valence-corrected chi connectivity index (χ3v) is 4.24. The van der Waals surface area contributed by atoms with Gasteiger partial charge < -0.3 is 5.32 Å². The molecule has 23 heavy (non-hydrogen) atoms. The third-order valence-electron chi connectivity index (χ3n) is 3.28. The number of carbonyl (C=O) groups excluding carboxylic acids is 1. The van der Waals surface area contributed by atoms with E-state index in [9.17, 15) is 14.4 Å². The highest BCUT2D eigenvalue weighted by Crippen LogP contribution is 2.23. The van der Waals surface area contributed by atoms with Crippen molar-refractivity contribution in [1.29, 1.82) is 0 Å². The first-order valence-corrected chi connectivity index (χ1v) is 8.26. The summed E-state index contributed by atoms with van der Waals surface area (Å²) in [6, 6.07) is 5.94. The van der Waals surface area contributed by atoms with Gasteiger partial charge in [0.05, 0.1) is 5.75 Å². The molecule has 0 fully saturated rings. The van der Waals surface area contributed by atoms with E-state index in [0.717, 1.165) is 41.4 Å². The Morgan fingerprint density at radius 1 is 1.22 bits per heavy atom. The number of amides is 1. The molecule has 1 aromatic heterocycles. The van der Waals surface area contributed by atoms with Gasteiger partial charge in [-0.05, 0) is 24.0 Å². The first-order valence-electron chi connectivity index (χ1n) is 7.27. The van der Waals surface area contributed by atoms with Gasteiger partial charge in [0, 0.05) is 5.69 Å². The lowest BCUT2D eigenvalue weighted by atomic mass is 10.0. The smallest absolute Gasteiger partial charge is 0.325 e. The summed E-state index contributed by atoms with van der Waals surface area (Å²) in [7, 11) is 0. The van der Waals surface area contributed by atoms with Crippen LogP contribution in [0.15, 0.2) is 32.8 Å². The van der Waals surface area contributed by atoms with Crippen molar-refractivity contribution in [2.24, 2.45) is 0 Å². The van der Waals surface area contributed by atoms with Gasteiger partial charge in [-0.2, -0.15) is 5.10 Å². The van der Waals surface area contributed by atoms with E-state index in [-0.39, 0.29) is 16.7 Å². The topological polar surface area (TPSA) is 108 Å². The van der Waals surface area contributed by atoms with Gasteiger partial charge in [0.25, 0.3) is 5.56 Å². The Morgan fingerprint density at radius 2 is 1.87 bits per heavy atom. The van der Waals surface area contributed by atoms with Crippen molar-refractivity contribution in [3.8, 4) is 0 Å². The molecule has 3 N–H and O–H groups in total. The number of para-hydroxylation sites is 1. The zero-order valence-electron chi connectivity index (χ0n) is 12.9. The minimum absolute atomic E-state index is 0.0311. The summed E-state index contributed by atoms with van der Waals surface area (Å²) >= 11 is 0.973. The lowest BCUT2D eigenvalue weighted by Gasteiger charge is -2.14. The Morgan fingerprint density at radius 3 is 2.43 bits per heavy atom. The molecule has 0 bridgehead atoms. The van der Waals surface area contributed by atoms with E-state index in [1.807, 2.05) is 32.0 Å². The molecular formula is C15H18N4O3S. The molecule has 7 nitrogen and oxygen atoms in total. The summed E-state index contributed by atoms with van der Waals surface area (Å²) in [6.07, 6.45) is 1.63. The van der Waals surface area contributed by atoms with Crippen LogP contribution in [0.25, 0.3) is 0 Å². The highest BCUT2D eigenvalue weighted by molar-refractivity contribution is 7.99. The summed E-state index contributed by atoms with van der Waals surface area (Å²) in [5, 5.41) is 8.73. The van der Waals surface area contributed by atoms with E-state index in [1.165, 1.54) is 0 Å². The molecule has 0 radical (unpaired) electrons. The number of hydrogen-bond donors (Lipinski definition) is 3. The summed E-state index contributed by atoms with van der Waals surface area (Å²) in [5.74, 6) is -0.193. The number of carbonyl (C=O) groups is 1. The van der Waals surface area contributed by atoms with Gasteiger partial charge in [0.2, 0.25) is 5.91 Å². The number of benzene rings is 1. The zero-order chi connectivity index (χ0) is 16.8. The number of aromatic nitrogens is 3. The number of thioether (sulfide) groups is 1. The molecular weight excluding hydrogens is 316 g/mol. The molecule has 0 unspecified atom stereocenters. The fourth-order valence-corrected chi connectivity index (χ4v) is 2.78. The monoisotopic (exact) mass is 334 g/mol. The standard InChI is InChI=1S/C15H18N4O3S/c1-3-9-6-5-7-10(4-2)12(9)16-11(20)8-23-14-13(21)17-15(22)19-18-14/h5-7H,3-4,8H2,1-2H3,(H,16,20)(H2,17,19,21,22). The van der Waals surface area contributed by atoms with Gasteiger partial charge in [-0.15, -0.1) is 0 Å². The van der Waals surface area contributed by atoms with Crippen LogP contribution in [-0.2, 0) is 17.6 Å². The van der Waals surface area contributed by atoms with E-state index < -0.39 is 11.2 Å². The van der Waals surface area contributed by atoms with Gasteiger partial charge >= 0.3 is 5.69 Å². The molecule has 0 spiro atoms. The van der Waals surface area contributed by atoms with Crippen LogP contribution in [0, 0.1) is 0 Å². The molecule has 0 aliphatic rings. The molecule has 0 aliphatic carbocycles. The predicted molar refractivity (Wildman–Crippen MR) is 90.0 cm³/mol. The molecule has 1 aromatic carbocycles. The van der Waals surface area contributed by atoms with Crippen LogP contribution >= 0.6 is 11.8 Å². The van der Waals surface area contributed by atoms with Crippen molar-refractivity contribution in [2.75, 3.05) is 11.1 Å². The minimum Gasteiger partial charge on any atom is -0.325 e. The van der Waals surface area contributed by atoms with Gasteiger partial charge in [0.15, 0.2) is 5.03 Å². The second kappa shape index (κ2) is 7.77. The maximum absolute atomic E-state index is 12.2. The average Bonchev–Trinajstić information content (AvgIpc) is 2.54. The van der Waals surface area contributed by atoms with Crippen LogP contribution in [-0.4, -0.2) is 26.8 Å². The quantitative estimate of drug-likeness (QED) is 0.691. The Labute approximate surface area is 136 Å². The summed E-state index contributed by atoms with van der Waals surface area (Å²) in [6.45, 7) is 4.06. The van der Waals surface area contributed by atoms with Gasteiger partial charge in [0.1, 0.15) is 0 Å². The molecule has 1 amide bonds. The molecule has 0 atom stereocenters. The SMILES string of the molecule is CCc1cccc(CC)c1NC(=O)CSc1n[nH]c(=O)[nH]c1=O. The lowest BCUT2D eigenvalue weighted by Crippen LogP contribution is -2.26. The maximum Gasteiger partial charge on any atom is 0.342 e. The Hall–Kier alpha value is -2.35. The molecule has 1 heterocycles. The molecule has 8 heteroatoms. The van der Waals surface area contributed by atoms with E-state index in [1.54, 1.807) is 0 Å². The molecule has 0 saturated carbocycles. The molecule has 122 valence electrons. The van der Waals surface area contributed by atoms with Crippen LogP contribution in [0.5, 0.6) is 0 Å². The van der Waals surface area contributed by atoms with Crippen molar-refractivity contribution in [3.05, 3.63) is 50.2 Å². The number of nitrogens with zero attached hydrogens (tertiary/aromatic N) is 1. The first kappa shape index (κ1) is 17.0. The lowest BCUT2D eigenvalue weighted by molar-refractivity contribution is -0.113. The maximum atomic E-state index is 12.2. The van der Waals surface area contributed by atoms with Crippen LogP contribution < -0.4 is 16.6 Å². The number of aromatic amines is 2. The van der Waals surface area contributed by atoms with Crippen molar-refractivity contribution in [2.45, 2.75) is 31.7 Å². The normalized spacial score (nSPS) is 10.5. The van der Waals surface area contributed by atoms with Gasteiger partial charge in [-0.3, -0.25) is 14.6 Å². The number of anilines is 1. The fraction of sp³-hybridized carbons (Fsp3) is 0.333. The predicted octanol–water partition coefficient (Wildman–Crippen LogP) is 1.31. The van der Waals surface area contributed by atoms with E-state index >= 15 is 0 Å². The Bertz CT molecular complexity index is 791. The second-order valence-electron chi connectivity index (χ2n) is 4.81. The minimum atomic E-state index is -0.673. The third kappa shape index (κ3) is 4.32. The van der Waals surface area contributed by atoms with Gasteiger partial charge in [-0.25, -0.2) is 9.89 Å². The number of rotatable bonds is 6. The number of hydrogen-bond acceptors (Lipinski definition) is 5. The van der Waals surface area contributed by atoms with Crippen LogP contribution in [0.2, 0.25) is 0 Å². The Balaban J connectivity index is 2.08. The fourth-order valence-electron chi connectivity index (χ4n) is 2.15. The number of aryl methyl sites for hydroxylation is 2. The van der Waals surface area contributed by atoms with Gasteiger partial charge in [-0.1, -0.05) is 43.8 Å². The number of nitrogens with one attached hydrogen (secondary N) is 3. The van der Waals surface area contributed by atoms with E-state index in [0.29, 0.717) is 0 Å². The zero-order valence-corrected chi connectivity index (χ0v) is 13.8. The van der Waals surface area contributed by atoms with Crippen LogP contribution in [0.4, 0.5) is 5.69 Å². The average molecular weight is 334 g/mol. The summed E-state index contributed by atoms with van der Waals surface area (Å²) in [4.78, 5) is 36.6. The Kier molecular flexibility index (Phi) is 5.75. The highest BCUT2D eigenvalue weighted by atomic mass is 32.2. The highest BCUT2D eigenvalue weighted by Gasteiger charge is 2.12. The molecule has 2 rings (SSSR count).